The summed E-state index contributed by atoms with van der Waals surface area (Å²) in [4.78, 5) is 0. The number of benzene rings is 3. The predicted molar refractivity (Wildman–Crippen MR) is 109 cm³/mol. The van der Waals surface area contributed by atoms with Crippen LogP contribution in [0.25, 0.3) is 0 Å². The first-order valence-electron chi connectivity index (χ1n) is 9.82. The van der Waals surface area contributed by atoms with Crippen LogP contribution in [0.15, 0.2) is 91.0 Å². The van der Waals surface area contributed by atoms with Crippen LogP contribution in [0.3, 0.4) is 0 Å². The lowest BCUT2D eigenvalue weighted by Gasteiger charge is -2.36. The molecular formula is C25H26O2. The molecular weight excluding hydrogens is 332 g/mol. The highest BCUT2D eigenvalue weighted by Gasteiger charge is 2.37. The van der Waals surface area contributed by atoms with E-state index in [1.165, 1.54) is 0 Å². The fourth-order valence-corrected chi connectivity index (χ4v) is 3.70. The monoisotopic (exact) mass is 358 g/mol. The Morgan fingerprint density at radius 2 is 1.15 bits per heavy atom. The van der Waals surface area contributed by atoms with Crippen LogP contribution in [-0.4, -0.2) is 19.3 Å². The molecule has 2 nitrogen and oxygen atoms in total. The molecule has 3 aromatic rings. The van der Waals surface area contributed by atoms with Crippen LogP contribution in [0.2, 0.25) is 0 Å². The topological polar surface area (TPSA) is 21.8 Å². The Labute approximate surface area is 161 Å². The van der Waals surface area contributed by atoms with Crippen LogP contribution in [0.4, 0.5) is 0 Å². The Bertz CT molecular complexity index is 714. The summed E-state index contributed by atoms with van der Waals surface area (Å²) in [5, 5.41) is 0. The molecule has 1 aliphatic heterocycles. The zero-order chi connectivity index (χ0) is 18.4. The zero-order valence-electron chi connectivity index (χ0n) is 15.6. The molecule has 1 heterocycles. The number of epoxide rings is 1. The van der Waals surface area contributed by atoms with Crippen molar-refractivity contribution in [3.63, 3.8) is 0 Å². The van der Waals surface area contributed by atoms with E-state index in [1.54, 1.807) is 0 Å². The maximum Gasteiger partial charge on any atom is 0.143 e. The zero-order valence-corrected chi connectivity index (χ0v) is 15.6. The van der Waals surface area contributed by atoms with Gasteiger partial charge in [-0.2, -0.15) is 0 Å². The molecule has 0 aliphatic carbocycles. The van der Waals surface area contributed by atoms with Gasteiger partial charge >= 0.3 is 0 Å². The third kappa shape index (κ3) is 4.13. The highest BCUT2D eigenvalue weighted by molar-refractivity contribution is 5.47. The summed E-state index contributed by atoms with van der Waals surface area (Å²) in [7, 11) is 0. The lowest BCUT2D eigenvalue weighted by Crippen LogP contribution is -2.33. The van der Waals surface area contributed by atoms with E-state index >= 15 is 0 Å². The number of rotatable bonds is 9. The second-order valence-corrected chi connectivity index (χ2v) is 7.08. The molecule has 4 rings (SSSR count). The second-order valence-electron chi connectivity index (χ2n) is 7.08. The van der Waals surface area contributed by atoms with E-state index in [0.717, 1.165) is 42.6 Å². The first kappa shape index (κ1) is 18.0. The summed E-state index contributed by atoms with van der Waals surface area (Å²) in [6, 6.07) is 31.7. The fourth-order valence-electron chi connectivity index (χ4n) is 3.70. The quantitative estimate of drug-likeness (QED) is 0.284. The highest BCUT2D eigenvalue weighted by atomic mass is 16.6. The smallest absolute Gasteiger partial charge is 0.143 e. The average molecular weight is 358 g/mol. The molecule has 2 heteroatoms. The molecule has 0 unspecified atom stereocenters. The summed E-state index contributed by atoms with van der Waals surface area (Å²) >= 11 is 0. The van der Waals surface area contributed by atoms with Crippen LogP contribution in [0.1, 0.15) is 36.0 Å². The van der Waals surface area contributed by atoms with Gasteiger partial charge in [0.05, 0.1) is 12.7 Å². The van der Waals surface area contributed by atoms with Crippen molar-refractivity contribution in [3.05, 3.63) is 108 Å². The summed E-state index contributed by atoms with van der Waals surface area (Å²) in [6.45, 7) is 1.65. The standard InChI is InChI=1S/C25H26O2/c1-4-12-21(13-5-1)25(22-14-6-2-7-15-22,23-16-8-3-9-17-23)27-19-11-10-18-24-20-26-24/h1-9,12-17,24H,10-11,18-20H2/t24-/m0/s1. The molecule has 1 fully saturated rings. The number of hydrogen-bond donors (Lipinski definition) is 0. The Kier molecular flexibility index (Phi) is 5.66. The van der Waals surface area contributed by atoms with Crippen molar-refractivity contribution in [2.45, 2.75) is 31.0 Å². The molecule has 3 aromatic carbocycles. The number of unbranched alkanes of at least 4 members (excludes halogenated alkanes) is 1. The summed E-state index contributed by atoms with van der Waals surface area (Å²) in [5.74, 6) is 0. The van der Waals surface area contributed by atoms with Crippen molar-refractivity contribution in [1.29, 1.82) is 0 Å². The van der Waals surface area contributed by atoms with Gasteiger partial charge in [0.1, 0.15) is 5.60 Å². The molecule has 1 aliphatic rings. The first-order valence-corrected chi connectivity index (χ1v) is 9.82. The van der Waals surface area contributed by atoms with E-state index in [-0.39, 0.29) is 0 Å². The van der Waals surface area contributed by atoms with Crippen LogP contribution >= 0.6 is 0 Å². The Hall–Kier alpha value is -2.42. The van der Waals surface area contributed by atoms with Gasteiger partial charge in [-0.3, -0.25) is 0 Å². The van der Waals surface area contributed by atoms with Gasteiger partial charge in [-0.1, -0.05) is 91.0 Å². The third-order valence-corrected chi connectivity index (χ3v) is 5.18. The molecule has 0 bridgehead atoms. The van der Waals surface area contributed by atoms with Crippen LogP contribution in [0, 0.1) is 0 Å². The molecule has 27 heavy (non-hydrogen) atoms. The van der Waals surface area contributed by atoms with E-state index in [1.807, 2.05) is 0 Å². The molecule has 0 spiro atoms. The SMILES string of the molecule is c1ccc(C(OCCCC[C@H]2CO2)(c2ccccc2)c2ccccc2)cc1. The van der Waals surface area contributed by atoms with Gasteiger partial charge in [0, 0.05) is 6.61 Å². The van der Waals surface area contributed by atoms with Crippen LogP contribution in [0.5, 0.6) is 0 Å². The molecule has 1 atom stereocenters. The molecule has 1 saturated heterocycles. The largest absolute Gasteiger partial charge is 0.373 e. The number of hydrogen-bond acceptors (Lipinski definition) is 2. The van der Waals surface area contributed by atoms with Gasteiger partial charge in [0.25, 0.3) is 0 Å². The normalized spacial score (nSPS) is 16.2. The van der Waals surface area contributed by atoms with Crippen molar-refractivity contribution >= 4 is 0 Å². The van der Waals surface area contributed by atoms with Crippen molar-refractivity contribution in [1.82, 2.24) is 0 Å². The predicted octanol–water partition coefficient (Wildman–Crippen LogP) is 5.56. The second kappa shape index (κ2) is 8.51. The third-order valence-electron chi connectivity index (χ3n) is 5.18. The maximum absolute atomic E-state index is 6.75. The van der Waals surface area contributed by atoms with E-state index in [2.05, 4.69) is 91.0 Å². The Morgan fingerprint density at radius 3 is 1.56 bits per heavy atom. The van der Waals surface area contributed by atoms with Crippen molar-refractivity contribution < 1.29 is 9.47 Å². The molecule has 0 radical (unpaired) electrons. The van der Waals surface area contributed by atoms with Crippen molar-refractivity contribution in [2.24, 2.45) is 0 Å². The van der Waals surface area contributed by atoms with Gasteiger partial charge in [-0.05, 0) is 36.0 Å². The Morgan fingerprint density at radius 1 is 0.704 bits per heavy atom. The first-order chi connectivity index (χ1) is 13.4. The van der Waals surface area contributed by atoms with Gasteiger partial charge in [0.15, 0.2) is 0 Å². The summed E-state index contributed by atoms with van der Waals surface area (Å²) in [6.07, 6.45) is 3.80. The highest BCUT2D eigenvalue weighted by Crippen LogP contribution is 2.40. The van der Waals surface area contributed by atoms with E-state index in [9.17, 15) is 0 Å². The minimum Gasteiger partial charge on any atom is -0.373 e. The molecule has 0 N–H and O–H groups in total. The lowest BCUT2D eigenvalue weighted by atomic mass is 9.80. The van der Waals surface area contributed by atoms with Crippen molar-refractivity contribution in [3.8, 4) is 0 Å². The number of ether oxygens (including phenoxy) is 2. The lowest BCUT2D eigenvalue weighted by molar-refractivity contribution is 0.0105. The molecule has 0 amide bonds. The van der Waals surface area contributed by atoms with Crippen molar-refractivity contribution in [2.75, 3.05) is 13.2 Å². The molecule has 0 aromatic heterocycles. The summed E-state index contributed by atoms with van der Waals surface area (Å²) < 4.78 is 12.1. The molecule has 138 valence electrons. The summed E-state index contributed by atoms with van der Waals surface area (Å²) in [5.41, 5.74) is 2.88. The molecule has 0 saturated carbocycles. The van der Waals surface area contributed by atoms with Gasteiger partial charge in [-0.15, -0.1) is 0 Å². The van der Waals surface area contributed by atoms with Gasteiger partial charge < -0.3 is 9.47 Å². The van der Waals surface area contributed by atoms with Gasteiger partial charge in [0.2, 0.25) is 0 Å². The Balaban J connectivity index is 1.69. The van der Waals surface area contributed by atoms with Gasteiger partial charge in [-0.25, -0.2) is 0 Å². The minimum atomic E-state index is -0.597. The average Bonchev–Trinajstić information content (AvgIpc) is 3.57. The van der Waals surface area contributed by atoms with E-state index < -0.39 is 5.60 Å². The van der Waals surface area contributed by atoms with E-state index in [0.29, 0.717) is 12.7 Å². The van der Waals surface area contributed by atoms with E-state index in [4.69, 9.17) is 9.47 Å². The maximum atomic E-state index is 6.75. The fraction of sp³-hybridized carbons (Fsp3) is 0.280. The van der Waals surface area contributed by atoms with Crippen LogP contribution < -0.4 is 0 Å². The van der Waals surface area contributed by atoms with Crippen LogP contribution in [-0.2, 0) is 15.1 Å². The minimum absolute atomic E-state index is 0.493.